The van der Waals surface area contributed by atoms with Crippen molar-refractivity contribution in [3.8, 4) is 0 Å². The monoisotopic (exact) mass is 363 g/mol. The summed E-state index contributed by atoms with van der Waals surface area (Å²) in [6.07, 6.45) is 3.19. The van der Waals surface area contributed by atoms with Gasteiger partial charge >= 0.3 is 0 Å². The molecular formula is C19H21N7O. The summed E-state index contributed by atoms with van der Waals surface area (Å²) in [5.41, 5.74) is 5.14. The molecule has 1 aromatic carbocycles. The van der Waals surface area contributed by atoms with Crippen LogP contribution in [0.25, 0.3) is 0 Å². The Kier molecular flexibility index (Phi) is 4.02. The molecule has 0 radical (unpaired) electrons. The van der Waals surface area contributed by atoms with Crippen LogP contribution in [-0.2, 0) is 11.8 Å². The summed E-state index contributed by atoms with van der Waals surface area (Å²) in [7, 11) is 1.85. The van der Waals surface area contributed by atoms with E-state index in [4.69, 9.17) is 0 Å². The summed E-state index contributed by atoms with van der Waals surface area (Å²) in [6, 6.07) is 7.43. The largest absolute Gasteiger partial charge is 0.328 e. The molecule has 0 fully saturated rings. The maximum atomic E-state index is 13.3. The van der Waals surface area contributed by atoms with Crippen molar-refractivity contribution in [3.05, 3.63) is 64.9 Å². The highest BCUT2D eigenvalue weighted by atomic mass is 16.1. The Morgan fingerprint density at radius 2 is 2.00 bits per heavy atom. The van der Waals surface area contributed by atoms with Crippen molar-refractivity contribution in [2.24, 2.45) is 7.05 Å². The molecule has 0 saturated carbocycles. The molecule has 8 heteroatoms. The summed E-state index contributed by atoms with van der Waals surface area (Å²) in [6.45, 7) is 5.89. The van der Waals surface area contributed by atoms with Gasteiger partial charge in [-0.2, -0.15) is 15.2 Å². The second-order valence-corrected chi connectivity index (χ2v) is 6.75. The van der Waals surface area contributed by atoms with Crippen molar-refractivity contribution in [1.29, 1.82) is 0 Å². The maximum Gasteiger partial charge on any atom is 0.255 e. The van der Waals surface area contributed by atoms with Gasteiger partial charge in [0.15, 0.2) is 0 Å². The van der Waals surface area contributed by atoms with Gasteiger partial charge < -0.3 is 10.6 Å². The summed E-state index contributed by atoms with van der Waals surface area (Å²) < 4.78 is 3.46. The highest BCUT2D eigenvalue weighted by Crippen LogP contribution is 2.35. The smallest absolute Gasteiger partial charge is 0.255 e. The number of benzene rings is 1. The third kappa shape index (κ3) is 2.88. The minimum atomic E-state index is -0.415. The Balaban J connectivity index is 1.77. The number of hydrogen-bond donors (Lipinski definition) is 2. The van der Waals surface area contributed by atoms with Crippen LogP contribution in [0.1, 0.15) is 29.8 Å². The first-order valence-electron chi connectivity index (χ1n) is 8.69. The van der Waals surface area contributed by atoms with Gasteiger partial charge in [0, 0.05) is 24.6 Å². The van der Waals surface area contributed by atoms with Gasteiger partial charge in [0.1, 0.15) is 12.4 Å². The number of carbonyl (C=O) groups excluding carboxylic acids is 1. The molecule has 1 amide bonds. The molecule has 0 unspecified atom stereocenters. The standard InChI is InChI=1S/C19H21N7O/c1-11-5-6-14(12(2)9-11)24-18(27)16-13(3)23-19-20-10-22-26(19)17(16)15-7-8-21-25(15)4/h5-10,17H,1-4H3,(H,24,27)(H,20,22,23)/t17-/m0/s1. The minimum absolute atomic E-state index is 0.181. The molecule has 8 nitrogen and oxygen atoms in total. The lowest BCUT2D eigenvalue weighted by Gasteiger charge is -2.28. The second kappa shape index (κ2) is 6.39. The van der Waals surface area contributed by atoms with E-state index in [1.165, 1.54) is 6.33 Å². The predicted octanol–water partition coefficient (Wildman–Crippen LogP) is 2.56. The molecule has 0 spiro atoms. The maximum absolute atomic E-state index is 13.3. The number of allylic oxidation sites excluding steroid dienone is 1. The van der Waals surface area contributed by atoms with E-state index in [0.29, 0.717) is 11.5 Å². The van der Waals surface area contributed by atoms with Gasteiger partial charge in [0.25, 0.3) is 5.91 Å². The average molecular weight is 363 g/mol. The molecule has 2 N–H and O–H groups in total. The van der Waals surface area contributed by atoms with Crippen molar-refractivity contribution in [1.82, 2.24) is 24.5 Å². The highest BCUT2D eigenvalue weighted by Gasteiger charge is 2.35. The fraction of sp³-hybridized carbons (Fsp3) is 0.263. The van der Waals surface area contributed by atoms with Crippen LogP contribution in [0.15, 0.2) is 48.1 Å². The van der Waals surface area contributed by atoms with Gasteiger partial charge in [-0.05, 0) is 38.5 Å². The number of carbonyl (C=O) groups is 1. The molecule has 1 aliphatic heterocycles. The van der Waals surface area contributed by atoms with Crippen molar-refractivity contribution in [2.45, 2.75) is 26.8 Å². The SMILES string of the molecule is CC1=C(C(=O)Nc2ccc(C)cc2C)[C@H](c2ccnn2C)n2ncnc2N1. The molecule has 3 aromatic rings. The van der Waals surface area contributed by atoms with E-state index in [9.17, 15) is 4.79 Å². The van der Waals surface area contributed by atoms with Crippen LogP contribution in [0.5, 0.6) is 0 Å². The molecule has 0 aliphatic carbocycles. The number of nitrogens with one attached hydrogen (secondary N) is 2. The van der Waals surface area contributed by atoms with E-state index in [1.54, 1.807) is 15.6 Å². The number of nitrogens with zero attached hydrogens (tertiary/aromatic N) is 5. The number of amides is 1. The Bertz CT molecular complexity index is 1060. The lowest BCUT2D eigenvalue weighted by atomic mass is 9.99. The van der Waals surface area contributed by atoms with Crippen LogP contribution in [0, 0.1) is 13.8 Å². The van der Waals surface area contributed by atoms with Crippen molar-refractivity contribution >= 4 is 17.5 Å². The summed E-state index contributed by atoms with van der Waals surface area (Å²) >= 11 is 0. The van der Waals surface area contributed by atoms with Crippen LogP contribution in [-0.4, -0.2) is 30.5 Å². The van der Waals surface area contributed by atoms with Crippen LogP contribution < -0.4 is 10.6 Å². The van der Waals surface area contributed by atoms with E-state index in [0.717, 1.165) is 28.2 Å². The topological polar surface area (TPSA) is 89.7 Å². The molecule has 138 valence electrons. The molecule has 3 heterocycles. The van der Waals surface area contributed by atoms with E-state index in [1.807, 2.05) is 52.1 Å². The lowest BCUT2D eigenvalue weighted by molar-refractivity contribution is -0.113. The molecule has 2 aromatic heterocycles. The van der Waals surface area contributed by atoms with E-state index >= 15 is 0 Å². The zero-order chi connectivity index (χ0) is 19.1. The van der Waals surface area contributed by atoms with Crippen LogP contribution >= 0.6 is 0 Å². The molecular weight excluding hydrogens is 342 g/mol. The van der Waals surface area contributed by atoms with E-state index < -0.39 is 6.04 Å². The third-order valence-electron chi connectivity index (χ3n) is 4.81. The number of aryl methyl sites for hydroxylation is 3. The Labute approximate surface area is 156 Å². The Hall–Kier alpha value is -3.42. The Morgan fingerprint density at radius 1 is 1.19 bits per heavy atom. The van der Waals surface area contributed by atoms with Gasteiger partial charge in [-0.15, -0.1) is 0 Å². The lowest BCUT2D eigenvalue weighted by Crippen LogP contribution is -2.32. The second-order valence-electron chi connectivity index (χ2n) is 6.75. The number of rotatable bonds is 3. The first kappa shape index (κ1) is 17.0. The molecule has 1 atom stereocenters. The molecule has 0 bridgehead atoms. The van der Waals surface area contributed by atoms with Crippen LogP contribution in [0.4, 0.5) is 11.6 Å². The van der Waals surface area contributed by atoms with Gasteiger partial charge in [0.2, 0.25) is 5.95 Å². The first-order valence-corrected chi connectivity index (χ1v) is 8.69. The van der Waals surface area contributed by atoms with Crippen LogP contribution in [0.3, 0.4) is 0 Å². The zero-order valence-electron chi connectivity index (χ0n) is 15.7. The average Bonchev–Trinajstić information content (AvgIpc) is 3.24. The van der Waals surface area contributed by atoms with Gasteiger partial charge in [-0.1, -0.05) is 17.7 Å². The zero-order valence-corrected chi connectivity index (χ0v) is 15.7. The van der Waals surface area contributed by atoms with E-state index in [-0.39, 0.29) is 5.91 Å². The fourth-order valence-electron chi connectivity index (χ4n) is 3.45. The predicted molar refractivity (Wildman–Crippen MR) is 102 cm³/mol. The number of fused-ring (bicyclic) bond motifs is 1. The number of anilines is 2. The van der Waals surface area contributed by atoms with E-state index in [2.05, 4.69) is 25.8 Å². The van der Waals surface area contributed by atoms with Crippen LogP contribution in [0.2, 0.25) is 0 Å². The van der Waals surface area contributed by atoms with Crippen molar-refractivity contribution in [3.63, 3.8) is 0 Å². The Morgan fingerprint density at radius 3 is 2.70 bits per heavy atom. The highest BCUT2D eigenvalue weighted by molar-refractivity contribution is 6.06. The normalized spacial score (nSPS) is 16.1. The molecule has 27 heavy (non-hydrogen) atoms. The minimum Gasteiger partial charge on any atom is -0.328 e. The molecule has 4 rings (SSSR count). The third-order valence-corrected chi connectivity index (χ3v) is 4.81. The van der Waals surface area contributed by atoms with Crippen molar-refractivity contribution < 1.29 is 4.79 Å². The fourth-order valence-corrected chi connectivity index (χ4v) is 3.45. The molecule has 1 aliphatic rings. The van der Waals surface area contributed by atoms with Gasteiger partial charge in [-0.3, -0.25) is 9.48 Å². The number of hydrogen-bond acceptors (Lipinski definition) is 5. The summed E-state index contributed by atoms with van der Waals surface area (Å²) in [5.74, 6) is 0.418. The van der Waals surface area contributed by atoms with Gasteiger partial charge in [-0.25, -0.2) is 4.68 Å². The van der Waals surface area contributed by atoms with Crippen molar-refractivity contribution in [2.75, 3.05) is 10.6 Å². The van der Waals surface area contributed by atoms with Gasteiger partial charge in [0.05, 0.1) is 11.3 Å². The quantitative estimate of drug-likeness (QED) is 0.746. The summed E-state index contributed by atoms with van der Waals surface area (Å²) in [5, 5.41) is 14.8. The number of aromatic nitrogens is 5. The first-order chi connectivity index (χ1) is 13.0. The molecule has 0 saturated heterocycles. The summed E-state index contributed by atoms with van der Waals surface area (Å²) in [4.78, 5) is 17.5.